The van der Waals surface area contributed by atoms with Crippen molar-refractivity contribution in [2.45, 2.75) is 11.2 Å². The quantitative estimate of drug-likeness (QED) is 0.338. The molecule has 0 aliphatic carbocycles. The van der Waals surface area contributed by atoms with E-state index in [0.29, 0.717) is 31.6 Å². The third kappa shape index (κ3) is 4.90. The van der Waals surface area contributed by atoms with E-state index in [9.17, 15) is 22.4 Å². The molecule has 0 saturated carbocycles. The average Bonchev–Trinajstić information content (AvgIpc) is 2.77. The number of piperazine rings is 1. The summed E-state index contributed by atoms with van der Waals surface area (Å²) in [4.78, 5) is 23.6. The van der Waals surface area contributed by atoms with Gasteiger partial charge in [-0.05, 0) is 30.3 Å². The average molecular weight is 450 g/mol. The minimum absolute atomic E-state index is 0.0190. The number of aromatic nitrogens is 2. The molecule has 1 aromatic heterocycles. The van der Waals surface area contributed by atoms with Crippen LogP contribution in [0.5, 0.6) is 0 Å². The van der Waals surface area contributed by atoms with Crippen molar-refractivity contribution in [2.24, 2.45) is 0 Å². The summed E-state index contributed by atoms with van der Waals surface area (Å²) >= 11 is 0.983. The lowest BCUT2D eigenvalue weighted by Gasteiger charge is -2.36. The Morgan fingerprint density at radius 3 is 2.32 bits per heavy atom. The van der Waals surface area contributed by atoms with Gasteiger partial charge < -0.3 is 9.80 Å². The van der Waals surface area contributed by atoms with Gasteiger partial charge in [-0.15, -0.1) is 0 Å². The summed E-state index contributed by atoms with van der Waals surface area (Å²) in [5, 5.41) is 0.616. The van der Waals surface area contributed by atoms with E-state index in [1.165, 1.54) is 18.2 Å². The Labute approximate surface area is 180 Å². The van der Waals surface area contributed by atoms with Gasteiger partial charge in [0.05, 0.1) is 11.3 Å². The number of rotatable bonds is 4. The molecule has 162 valence electrons. The predicted molar refractivity (Wildman–Crippen MR) is 110 cm³/mol. The number of halogens is 4. The predicted octanol–water partition coefficient (Wildman–Crippen LogP) is 4.23. The Morgan fingerprint density at radius 2 is 1.65 bits per heavy atom. The van der Waals surface area contributed by atoms with Crippen LogP contribution in [0.25, 0.3) is 10.9 Å². The fourth-order valence-corrected chi connectivity index (χ4v) is 4.29. The molecule has 1 fully saturated rings. The third-order valence-electron chi connectivity index (χ3n) is 4.98. The first-order chi connectivity index (χ1) is 14.8. The smallest absolute Gasteiger partial charge is 0.368 e. The van der Waals surface area contributed by atoms with E-state index in [-0.39, 0.29) is 28.0 Å². The van der Waals surface area contributed by atoms with Crippen molar-refractivity contribution in [1.29, 1.82) is 0 Å². The highest BCUT2D eigenvalue weighted by molar-refractivity contribution is 8.00. The molecule has 0 radical (unpaired) electrons. The fraction of sp³-hybridized carbons (Fsp3) is 0.286. The van der Waals surface area contributed by atoms with Crippen LogP contribution in [-0.2, 0) is 11.0 Å². The Hall–Kier alpha value is -2.88. The third-order valence-corrected chi connectivity index (χ3v) is 5.95. The molecule has 2 heterocycles. The Balaban J connectivity index is 1.41. The second kappa shape index (κ2) is 8.70. The maximum atomic E-state index is 13.1. The van der Waals surface area contributed by atoms with Crippen LogP contribution < -0.4 is 4.90 Å². The zero-order chi connectivity index (χ0) is 22.0. The van der Waals surface area contributed by atoms with Crippen LogP contribution in [0, 0.1) is 5.82 Å². The summed E-state index contributed by atoms with van der Waals surface area (Å²) < 4.78 is 52.5. The highest BCUT2D eigenvalue weighted by Crippen LogP contribution is 2.32. The molecule has 0 spiro atoms. The summed E-state index contributed by atoms with van der Waals surface area (Å²) in [6.07, 6.45) is -4.67. The van der Waals surface area contributed by atoms with Crippen molar-refractivity contribution in [1.82, 2.24) is 14.9 Å². The summed E-state index contributed by atoms with van der Waals surface area (Å²) in [5.74, 6) is -1.70. The number of hydrogen-bond acceptors (Lipinski definition) is 5. The minimum Gasteiger partial charge on any atom is -0.368 e. The molecule has 0 atom stereocenters. The fourth-order valence-electron chi connectivity index (χ4n) is 3.37. The van der Waals surface area contributed by atoms with E-state index in [1.54, 1.807) is 35.2 Å². The summed E-state index contributed by atoms with van der Waals surface area (Å²) in [6.45, 7) is 2.15. The Kier molecular flexibility index (Phi) is 5.99. The minimum atomic E-state index is -4.67. The number of thioether (sulfide) groups is 1. The molecule has 0 unspecified atom stereocenters. The summed E-state index contributed by atoms with van der Waals surface area (Å²) in [6, 6.07) is 12.6. The van der Waals surface area contributed by atoms with Crippen molar-refractivity contribution < 1.29 is 22.4 Å². The van der Waals surface area contributed by atoms with Crippen LogP contribution in [0.3, 0.4) is 0 Å². The standard InChI is InChI=1S/C21H18F4N4OS/c22-14-5-7-15(8-6-14)28-9-11-29(12-10-28)18(30)13-31-19-16-3-1-2-4-17(16)26-20(27-19)21(23,24)25/h1-8H,9-13H2. The molecule has 1 aliphatic rings. The number of nitrogens with zero attached hydrogens (tertiary/aromatic N) is 4. The number of fused-ring (bicyclic) bond motifs is 1. The molecule has 2 aromatic carbocycles. The van der Waals surface area contributed by atoms with Gasteiger partial charge in [0.25, 0.3) is 0 Å². The molecule has 1 aliphatic heterocycles. The Morgan fingerprint density at radius 1 is 0.968 bits per heavy atom. The van der Waals surface area contributed by atoms with Crippen molar-refractivity contribution in [3.05, 3.63) is 60.2 Å². The lowest BCUT2D eigenvalue weighted by Crippen LogP contribution is -2.49. The van der Waals surface area contributed by atoms with Crippen LogP contribution in [0.4, 0.5) is 23.2 Å². The molecule has 3 aromatic rings. The molecule has 1 saturated heterocycles. The highest BCUT2D eigenvalue weighted by atomic mass is 32.2. The molecule has 4 rings (SSSR count). The van der Waals surface area contributed by atoms with E-state index < -0.39 is 12.0 Å². The van der Waals surface area contributed by atoms with Crippen LogP contribution >= 0.6 is 11.8 Å². The molecular formula is C21H18F4N4OS. The summed E-state index contributed by atoms with van der Waals surface area (Å²) in [5.41, 5.74) is 1.07. The van der Waals surface area contributed by atoms with Gasteiger partial charge in [0, 0.05) is 37.3 Å². The number of para-hydroxylation sites is 1. The molecule has 0 bridgehead atoms. The second-order valence-corrected chi connectivity index (χ2v) is 7.96. The monoisotopic (exact) mass is 450 g/mol. The van der Waals surface area contributed by atoms with Crippen LogP contribution in [0.15, 0.2) is 53.6 Å². The van der Waals surface area contributed by atoms with Gasteiger partial charge >= 0.3 is 6.18 Å². The first-order valence-corrected chi connectivity index (χ1v) is 10.5. The van der Waals surface area contributed by atoms with E-state index >= 15 is 0 Å². The number of amides is 1. The van der Waals surface area contributed by atoms with Crippen molar-refractivity contribution in [3.63, 3.8) is 0 Å². The lowest BCUT2D eigenvalue weighted by molar-refractivity contribution is -0.145. The van der Waals surface area contributed by atoms with Crippen LogP contribution in [0.2, 0.25) is 0 Å². The lowest BCUT2D eigenvalue weighted by atomic mass is 10.2. The maximum absolute atomic E-state index is 13.1. The first-order valence-electron chi connectivity index (χ1n) is 9.56. The topological polar surface area (TPSA) is 49.3 Å². The largest absolute Gasteiger partial charge is 0.451 e. The second-order valence-electron chi connectivity index (χ2n) is 7.00. The van der Waals surface area contributed by atoms with E-state index in [2.05, 4.69) is 14.9 Å². The molecule has 5 nitrogen and oxygen atoms in total. The van der Waals surface area contributed by atoms with Crippen LogP contribution in [0.1, 0.15) is 5.82 Å². The molecule has 1 amide bonds. The maximum Gasteiger partial charge on any atom is 0.451 e. The number of benzene rings is 2. The van der Waals surface area contributed by atoms with Gasteiger partial charge in [0.2, 0.25) is 11.7 Å². The number of carbonyl (C=O) groups is 1. The van der Waals surface area contributed by atoms with Gasteiger partial charge in [-0.3, -0.25) is 4.79 Å². The van der Waals surface area contributed by atoms with Gasteiger partial charge in [-0.1, -0.05) is 30.0 Å². The van der Waals surface area contributed by atoms with Gasteiger partial charge in [0.1, 0.15) is 10.8 Å². The van der Waals surface area contributed by atoms with E-state index in [4.69, 9.17) is 0 Å². The number of hydrogen-bond donors (Lipinski definition) is 0. The normalized spacial score (nSPS) is 14.8. The van der Waals surface area contributed by atoms with E-state index in [0.717, 1.165) is 17.4 Å². The van der Waals surface area contributed by atoms with E-state index in [1.807, 2.05) is 0 Å². The molecule has 0 N–H and O–H groups in total. The molecule has 10 heteroatoms. The summed E-state index contributed by atoms with van der Waals surface area (Å²) in [7, 11) is 0. The number of anilines is 1. The van der Waals surface area contributed by atoms with Crippen molar-refractivity contribution in [3.8, 4) is 0 Å². The van der Waals surface area contributed by atoms with Crippen LogP contribution in [-0.4, -0.2) is 52.7 Å². The first kappa shape index (κ1) is 21.4. The van der Waals surface area contributed by atoms with Crippen molar-refractivity contribution in [2.75, 3.05) is 36.8 Å². The molecule has 31 heavy (non-hydrogen) atoms. The van der Waals surface area contributed by atoms with Gasteiger partial charge in [0.15, 0.2) is 0 Å². The molecular weight excluding hydrogens is 432 g/mol. The Bertz CT molecular complexity index is 1080. The van der Waals surface area contributed by atoms with Gasteiger partial charge in [-0.2, -0.15) is 13.2 Å². The zero-order valence-corrected chi connectivity index (χ0v) is 17.1. The zero-order valence-electron chi connectivity index (χ0n) is 16.3. The number of carbonyl (C=O) groups excluding carboxylic acids is 1. The highest BCUT2D eigenvalue weighted by Gasteiger charge is 2.35. The van der Waals surface area contributed by atoms with Crippen molar-refractivity contribution >= 4 is 34.3 Å². The van der Waals surface area contributed by atoms with Gasteiger partial charge in [-0.25, -0.2) is 14.4 Å². The SMILES string of the molecule is O=C(CSc1nc(C(F)(F)F)nc2ccccc12)N1CCN(c2ccc(F)cc2)CC1. The number of alkyl halides is 3.